The quantitative estimate of drug-likeness (QED) is 0.186. The normalized spacial score (nSPS) is 27.0. The van der Waals surface area contributed by atoms with Gasteiger partial charge < -0.3 is 26.0 Å². The Morgan fingerprint density at radius 3 is 2.61 bits per heavy atom. The molecule has 0 radical (unpaired) electrons. The summed E-state index contributed by atoms with van der Waals surface area (Å²) in [6.07, 6.45) is 11.2. The zero-order valence-electron chi connectivity index (χ0n) is 23.4. The molecule has 3 heterocycles. The van der Waals surface area contributed by atoms with Crippen LogP contribution in [0, 0.1) is 17.8 Å². The van der Waals surface area contributed by atoms with E-state index in [4.69, 9.17) is 20.6 Å². The summed E-state index contributed by atoms with van der Waals surface area (Å²) < 4.78 is 7.11. The molecule has 41 heavy (non-hydrogen) atoms. The predicted molar refractivity (Wildman–Crippen MR) is 159 cm³/mol. The minimum atomic E-state index is -0.509. The van der Waals surface area contributed by atoms with Gasteiger partial charge in [-0.3, -0.25) is 0 Å². The van der Waals surface area contributed by atoms with Gasteiger partial charge in [-0.2, -0.15) is 5.10 Å². The van der Waals surface area contributed by atoms with Crippen LogP contribution in [0.4, 0.5) is 11.4 Å². The number of nitrogens with zero attached hydrogens (tertiary/aromatic N) is 4. The summed E-state index contributed by atoms with van der Waals surface area (Å²) in [5, 5.41) is 29.8. The molecule has 0 saturated heterocycles. The number of amidine groups is 1. The maximum absolute atomic E-state index is 11.2. The average molecular weight is 553 g/mol. The number of ether oxygens (including phenoxy) is 1. The maximum atomic E-state index is 11.2. The second-order valence-electron chi connectivity index (χ2n) is 12.1. The molecule has 4 aromatic rings. The number of aliphatic imine (C=N–C) groups is 1. The minimum Gasteiger partial charge on any atom is -0.508 e. The zero-order valence-corrected chi connectivity index (χ0v) is 23.4. The number of nitrogens with two attached hydrogens (primary N) is 1. The molecule has 4 fully saturated rings. The van der Waals surface area contributed by atoms with Gasteiger partial charge in [-0.15, -0.1) is 0 Å². The van der Waals surface area contributed by atoms with Crippen molar-refractivity contribution < 1.29 is 14.9 Å². The fraction of sp³-hybridized carbons (Fsp3) is 0.406. The van der Waals surface area contributed by atoms with E-state index in [1.165, 1.54) is 0 Å². The molecule has 3 unspecified atom stereocenters. The fourth-order valence-electron chi connectivity index (χ4n) is 7.77. The maximum Gasteiger partial charge on any atom is 0.212 e. The number of fused-ring (bicyclic) bond motifs is 1. The molecule has 9 nitrogen and oxygen atoms in total. The molecule has 5 atom stereocenters. The summed E-state index contributed by atoms with van der Waals surface area (Å²) in [6, 6.07) is 11.3. The first-order valence-corrected chi connectivity index (χ1v) is 14.5. The summed E-state index contributed by atoms with van der Waals surface area (Å²) >= 11 is 0. The first-order chi connectivity index (χ1) is 19.8. The number of aromatic hydroxyl groups is 1. The van der Waals surface area contributed by atoms with Crippen LogP contribution < -0.4 is 15.8 Å². The molecule has 4 aliphatic carbocycles. The lowest BCUT2D eigenvalue weighted by Crippen LogP contribution is -2.59. The van der Waals surface area contributed by atoms with Crippen LogP contribution in [0.5, 0.6) is 11.6 Å². The number of hydrogen-bond donors (Lipinski definition) is 4. The molecule has 0 aliphatic heterocycles. The van der Waals surface area contributed by atoms with E-state index in [2.05, 4.69) is 16.4 Å². The van der Waals surface area contributed by atoms with Gasteiger partial charge in [0.05, 0.1) is 41.4 Å². The molecular formula is C32H36N6O3. The number of rotatable bonds is 7. The number of phenolic OH excluding ortho intramolecular Hbond substituents is 1. The van der Waals surface area contributed by atoms with E-state index in [0.717, 1.165) is 77.7 Å². The van der Waals surface area contributed by atoms with Crippen molar-refractivity contribution >= 4 is 22.7 Å². The highest BCUT2D eigenvalue weighted by Gasteiger charge is 2.54. The molecule has 4 saturated carbocycles. The topological polar surface area (TPSA) is 130 Å². The molecule has 0 spiro atoms. The van der Waals surface area contributed by atoms with E-state index in [-0.39, 0.29) is 11.8 Å². The molecule has 8 rings (SSSR count). The molecule has 4 aliphatic rings. The molecule has 9 heteroatoms. The lowest BCUT2D eigenvalue weighted by atomic mass is 9.52. The Hall–Kier alpha value is -4.11. The minimum absolute atomic E-state index is 0.210. The highest BCUT2D eigenvalue weighted by molar-refractivity contribution is 6.06. The lowest BCUT2D eigenvalue weighted by molar-refractivity contribution is -0.129. The number of aromatic nitrogens is 3. The van der Waals surface area contributed by atoms with E-state index in [0.29, 0.717) is 29.5 Å². The molecule has 4 bridgehead atoms. The van der Waals surface area contributed by atoms with Crippen LogP contribution in [-0.4, -0.2) is 49.4 Å². The molecular weight excluding hydrogens is 516 g/mol. The van der Waals surface area contributed by atoms with Gasteiger partial charge in [-0.05, 0) is 92.2 Å². The monoisotopic (exact) mass is 552 g/mol. The Labute approximate surface area is 239 Å². The number of aliphatic hydroxyl groups is 1. The van der Waals surface area contributed by atoms with E-state index in [1.54, 1.807) is 37.7 Å². The second kappa shape index (κ2) is 9.76. The van der Waals surface area contributed by atoms with Crippen molar-refractivity contribution in [3.8, 4) is 22.8 Å². The number of methoxy groups -OCH3 is 1. The predicted octanol–water partition coefficient (Wildman–Crippen LogP) is 5.06. The van der Waals surface area contributed by atoms with Crippen LogP contribution >= 0.6 is 0 Å². The van der Waals surface area contributed by atoms with Gasteiger partial charge >= 0.3 is 0 Å². The fourth-order valence-corrected chi connectivity index (χ4v) is 7.77. The molecule has 1 aromatic carbocycles. The van der Waals surface area contributed by atoms with Crippen molar-refractivity contribution in [3.63, 3.8) is 0 Å². The number of anilines is 1. The Kier molecular flexibility index (Phi) is 6.15. The van der Waals surface area contributed by atoms with Crippen molar-refractivity contribution in [2.45, 2.75) is 57.1 Å². The first kappa shape index (κ1) is 25.8. The van der Waals surface area contributed by atoms with Crippen LogP contribution in [0.3, 0.4) is 0 Å². The highest BCUT2D eigenvalue weighted by Crippen LogP contribution is 2.56. The Balaban J connectivity index is 1.33. The van der Waals surface area contributed by atoms with Gasteiger partial charge in [0, 0.05) is 35.6 Å². The molecule has 3 aromatic heterocycles. The number of nitrogens with one attached hydrogen (secondary N) is 1. The molecule has 0 amide bonds. The third kappa shape index (κ3) is 4.58. The number of benzene rings is 1. The average Bonchev–Trinajstić information content (AvgIpc) is 3.40. The molecule has 212 valence electrons. The SMILES string of the molecule is CCc1cc(O)ccc1N=C(N)c1cnn2cc(-c3ccc(OC)nc3)cc2c1NC1[C@@H]2CC3C[C@H]1CC(O)(C3)C2. The van der Waals surface area contributed by atoms with Crippen LogP contribution in [0.25, 0.3) is 16.6 Å². The Morgan fingerprint density at radius 2 is 1.93 bits per heavy atom. The van der Waals surface area contributed by atoms with E-state index in [1.807, 2.05) is 29.8 Å². The van der Waals surface area contributed by atoms with Crippen LogP contribution in [0.1, 0.15) is 50.2 Å². The highest BCUT2D eigenvalue weighted by atomic mass is 16.5. The van der Waals surface area contributed by atoms with Crippen LogP contribution in [-0.2, 0) is 6.42 Å². The van der Waals surface area contributed by atoms with Crippen molar-refractivity contribution in [1.29, 1.82) is 0 Å². The van der Waals surface area contributed by atoms with Crippen LogP contribution in [0.15, 0.2) is 60.0 Å². The third-order valence-electron chi connectivity index (χ3n) is 9.43. The smallest absolute Gasteiger partial charge is 0.212 e. The van der Waals surface area contributed by atoms with Crippen molar-refractivity contribution in [3.05, 3.63) is 66.1 Å². The summed E-state index contributed by atoms with van der Waals surface area (Å²) in [7, 11) is 1.61. The van der Waals surface area contributed by atoms with Crippen molar-refractivity contribution in [2.75, 3.05) is 12.4 Å². The van der Waals surface area contributed by atoms with Gasteiger partial charge in [0.25, 0.3) is 0 Å². The largest absolute Gasteiger partial charge is 0.508 e. The third-order valence-corrected chi connectivity index (χ3v) is 9.43. The van der Waals surface area contributed by atoms with E-state index >= 15 is 0 Å². The van der Waals surface area contributed by atoms with Crippen molar-refractivity contribution in [2.24, 2.45) is 28.5 Å². The number of hydrogen-bond acceptors (Lipinski definition) is 7. The van der Waals surface area contributed by atoms with Crippen molar-refractivity contribution in [1.82, 2.24) is 14.6 Å². The van der Waals surface area contributed by atoms with E-state index < -0.39 is 5.60 Å². The van der Waals surface area contributed by atoms with E-state index in [9.17, 15) is 10.2 Å². The van der Waals surface area contributed by atoms with Gasteiger partial charge in [0.1, 0.15) is 11.6 Å². The Bertz CT molecular complexity index is 1630. The summed E-state index contributed by atoms with van der Waals surface area (Å²) in [4.78, 5) is 9.20. The van der Waals surface area contributed by atoms with Crippen LogP contribution in [0.2, 0.25) is 0 Å². The number of phenols is 1. The zero-order chi connectivity index (χ0) is 28.3. The first-order valence-electron chi connectivity index (χ1n) is 14.5. The van der Waals surface area contributed by atoms with Gasteiger partial charge in [-0.1, -0.05) is 6.92 Å². The second-order valence-corrected chi connectivity index (χ2v) is 12.1. The summed E-state index contributed by atoms with van der Waals surface area (Å²) in [6.45, 7) is 2.03. The standard InChI is InChI=1S/C32H36N6O3/c1-3-19-10-24(39)5-6-26(19)36-31(33)25-16-35-38-17-23(20-4-7-28(41-2)34-15-20)11-27(38)30(25)37-29-21-8-18-9-22(29)14-32(40,12-18)13-21/h4-7,10-11,15-18,21-22,29,37,39-40H,3,8-9,12-14H2,1-2H3,(H2,33,36)/t18?,21-,22+,29?,32?. The lowest BCUT2D eigenvalue weighted by Gasteiger charge is -2.58. The van der Waals surface area contributed by atoms with Gasteiger partial charge in [-0.25, -0.2) is 14.5 Å². The summed E-state index contributed by atoms with van der Waals surface area (Å²) in [5.74, 6) is 2.57. The summed E-state index contributed by atoms with van der Waals surface area (Å²) in [5.41, 5.74) is 12.3. The number of pyridine rings is 1. The van der Waals surface area contributed by atoms with Gasteiger partial charge in [0.15, 0.2) is 0 Å². The molecule has 5 N–H and O–H groups in total. The Morgan fingerprint density at radius 1 is 1.12 bits per heavy atom. The van der Waals surface area contributed by atoms with Gasteiger partial charge in [0.2, 0.25) is 5.88 Å². The number of aryl methyl sites for hydroxylation is 1.